The number of halogens is 3. The zero-order chi connectivity index (χ0) is 19.0. The van der Waals surface area contributed by atoms with E-state index in [-0.39, 0.29) is 11.5 Å². The van der Waals surface area contributed by atoms with Crippen molar-refractivity contribution < 1.29 is 22.5 Å². The minimum atomic E-state index is -4.48. The van der Waals surface area contributed by atoms with E-state index in [1.165, 1.54) is 17.0 Å². The van der Waals surface area contributed by atoms with Crippen molar-refractivity contribution in [3.63, 3.8) is 0 Å². The third-order valence-electron chi connectivity index (χ3n) is 4.43. The maximum absolute atomic E-state index is 12.8. The lowest BCUT2D eigenvalue weighted by Crippen LogP contribution is -2.48. The molecule has 0 N–H and O–H groups in total. The van der Waals surface area contributed by atoms with E-state index in [0.29, 0.717) is 24.8 Å². The highest BCUT2D eigenvalue weighted by molar-refractivity contribution is 5.95. The Balaban J connectivity index is 1.43. The standard InChI is InChI=1S/C19H14F3N3O2/c20-19(21,22)15-8-4-7-13(9-15)18(26)25-10-14(11-25)17-23-16(24-27-17)12-5-2-1-3-6-12/h1-9,14H,10-11H2. The molecule has 1 aliphatic heterocycles. The highest BCUT2D eigenvalue weighted by Gasteiger charge is 2.37. The Hall–Kier alpha value is -3.16. The van der Waals surface area contributed by atoms with Crippen LogP contribution in [0.25, 0.3) is 11.4 Å². The number of nitrogens with zero attached hydrogens (tertiary/aromatic N) is 3. The molecule has 5 nitrogen and oxygen atoms in total. The molecule has 0 unspecified atom stereocenters. The van der Waals surface area contributed by atoms with Crippen LogP contribution >= 0.6 is 0 Å². The van der Waals surface area contributed by atoms with Gasteiger partial charge in [-0.2, -0.15) is 18.2 Å². The summed E-state index contributed by atoms with van der Waals surface area (Å²) in [7, 11) is 0. The third-order valence-corrected chi connectivity index (χ3v) is 4.43. The van der Waals surface area contributed by atoms with Gasteiger partial charge >= 0.3 is 6.18 Å². The van der Waals surface area contributed by atoms with Crippen LogP contribution in [0.3, 0.4) is 0 Å². The minimum absolute atomic E-state index is 0.0128. The second kappa shape index (κ2) is 6.53. The highest BCUT2D eigenvalue weighted by Crippen LogP contribution is 2.32. The first kappa shape index (κ1) is 17.3. The van der Waals surface area contributed by atoms with Gasteiger partial charge in [-0.15, -0.1) is 0 Å². The van der Waals surface area contributed by atoms with Crippen LogP contribution in [0.15, 0.2) is 59.1 Å². The summed E-state index contributed by atoms with van der Waals surface area (Å²) < 4.78 is 43.7. The average molecular weight is 373 g/mol. The van der Waals surface area contributed by atoms with Gasteiger partial charge in [-0.3, -0.25) is 4.79 Å². The molecule has 0 saturated carbocycles. The van der Waals surface area contributed by atoms with Crippen molar-refractivity contribution in [3.05, 3.63) is 71.6 Å². The molecule has 8 heteroatoms. The van der Waals surface area contributed by atoms with E-state index < -0.39 is 17.6 Å². The first-order chi connectivity index (χ1) is 12.9. The second-order valence-corrected chi connectivity index (χ2v) is 6.31. The second-order valence-electron chi connectivity index (χ2n) is 6.31. The fourth-order valence-corrected chi connectivity index (χ4v) is 2.92. The van der Waals surface area contributed by atoms with Crippen molar-refractivity contribution >= 4 is 5.91 Å². The molecule has 0 spiro atoms. The van der Waals surface area contributed by atoms with Crippen LogP contribution in [0, 0.1) is 0 Å². The Kier molecular flexibility index (Phi) is 4.18. The molecule has 1 aromatic heterocycles. The van der Waals surface area contributed by atoms with Crippen molar-refractivity contribution in [2.45, 2.75) is 12.1 Å². The van der Waals surface area contributed by atoms with E-state index in [0.717, 1.165) is 17.7 Å². The van der Waals surface area contributed by atoms with Gasteiger partial charge in [0, 0.05) is 24.2 Å². The molecule has 1 saturated heterocycles. The normalized spacial score (nSPS) is 14.9. The van der Waals surface area contributed by atoms with Crippen molar-refractivity contribution in [3.8, 4) is 11.4 Å². The van der Waals surface area contributed by atoms with Crippen LogP contribution < -0.4 is 0 Å². The molecule has 1 aliphatic rings. The molecule has 1 amide bonds. The van der Waals surface area contributed by atoms with Gasteiger partial charge in [0.2, 0.25) is 11.7 Å². The zero-order valence-corrected chi connectivity index (χ0v) is 14.0. The molecule has 4 rings (SSSR count). The van der Waals surface area contributed by atoms with Crippen molar-refractivity contribution in [2.75, 3.05) is 13.1 Å². The number of hydrogen-bond donors (Lipinski definition) is 0. The number of aromatic nitrogens is 2. The van der Waals surface area contributed by atoms with Gasteiger partial charge in [0.05, 0.1) is 11.5 Å². The first-order valence-electron chi connectivity index (χ1n) is 8.27. The van der Waals surface area contributed by atoms with Crippen LogP contribution in [0.2, 0.25) is 0 Å². The zero-order valence-electron chi connectivity index (χ0n) is 14.0. The molecule has 27 heavy (non-hydrogen) atoms. The predicted octanol–water partition coefficient (Wildman–Crippen LogP) is 4.00. The van der Waals surface area contributed by atoms with Crippen molar-refractivity contribution in [1.82, 2.24) is 15.0 Å². The summed E-state index contributed by atoms with van der Waals surface area (Å²) in [4.78, 5) is 18.2. The lowest BCUT2D eigenvalue weighted by Gasteiger charge is -2.37. The van der Waals surface area contributed by atoms with E-state index >= 15 is 0 Å². The molecule has 1 fully saturated rings. The SMILES string of the molecule is O=C(c1cccc(C(F)(F)F)c1)N1CC(c2nc(-c3ccccc3)no2)C1. The maximum Gasteiger partial charge on any atom is 0.416 e. The molecule has 2 aromatic carbocycles. The summed E-state index contributed by atoms with van der Waals surface area (Å²) in [5, 5.41) is 3.94. The van der Waals surface area contributed by atoms with Gasteiger partial charge in [0.25, 0.3) is 5.91 Å². The summed E-state index contributed by atoms with van der Waals surface area (Å²) in [6.07, 6.45) is -4.48. The highest BCUT2D eigenvalue weighted by atomic mass is 19.4. The summed E-state index contributed by atoms with van der Waals surface area (Å²) in [5.41, 5.74) is -0.00247. The van der Waals surface area contributed by atoms with Crippen LogP contribution in [0.1, 0.15) is 27.7 Å². The number of alkyl halides is 3. The first-order valence-corrected chi connectivity index (χ1v) is 8.27. The summed E-state index contributed by atoms with van der Waals surface area (Å²) in [6.45, 7) is 0.650. The van der Waals surface area contributed by atoms with Crippen LogP contribution in [0.4, 0.5) is 13.2 Å². The van der Waals surface area contributed by atoms with Gasteiger partial charge in [-0.05, 0) is 18.2 Å². The number of likely N-dealkylation sites (tertiary alicyclic amines) is 1. The summed E-state index contributed by atoms with van der Waals surface area (Å²) >= 11 is 0. The number of hydrogen-bond acceptors (Lipinski definition) is 4. The molecule has 0 atom stereocenters. The van der Waals surface area contributed by atoms with Crippen LogP contribution in [0.5, 0.6) is 0 Å². The van der Waals surface area contributed by atoms with E-state index in [2.05, 4.69) is 10.1 Å². The average Bonchev–Trinajstić information content (AvgIpc) is 3.10. The summed E-state index contributed by atoms with van der Waals surface area (Å²) in [5.74, 6) is 0.319. The maximum atomic E-state index is 12.8. The molecule has 0 radical (unpaired) electrons. The lowest BCUT2D eigenvalue weighted by atomic mass is 9.98. The Labute approximate surface area is 152 Å². The molecule has 0 bridgehead atoms. The Morgan fingerprint density at radius 3 is 2.52 bits per heavy atom. The van der Waals surface area contributed by atoms with E-state index in [9.17, 15) is 18.0 Å². The minimum Gasteiger partial charge on any atom is -0.339 e. The van der Waals surface area contributed by atoms with E-state index in [4.69, 9.17) is 4.52 Å². The molecule has 3 aromatic rings. The lowest BCUT2D eigenvalue weighted by molar-refractivity contribution is -0.137. The van der Waals surface area contributed by atoms with Crippen LogP contribution in [-0.4, -0.2) is 34.0 Å². The number of benzene rings is 2. The molecule has 2 heterocycles. The number of carbonyl (C=O) groups excluding carboxylic acids is 1. The van der Waals surface area contributed by atoms with Crippen LogP contribution in [-0.2, 0) is 6.18 Å². The van der Waals surface area contributed by atoms with Gasteiger partial charge < -0.3 is 9.42 Å². The Morgan fingerprint density at radius 2 is 1.81 bits per heavy atom. The summed E-state index contributed by atoms with van der Waals surface area (Å²) in [6, 6.07) is 13.8. The Morgan fingerprint density at radius 1 is 1.07 bits per heavy atom. The monoisotopic (exact) mass is 373 g/mol. The fraction of sp³-hybridized carbons (Fsp3) is 0.211. The van der Waals surface area contributed by atoms with E-state index in [1.54, 1.807) is 0 Å². The topological polar surface area (TPSA) is 59.2 Å². The Bertz CT molecular complexity index is 964. The number of rotatable bonds is 3. The van der Waals surface area contributed by atoms with Crippen molar-refractivity contribution in [2.24, 2.45) is 0 Å². The molecule has 138 valence electrons. The van der Waals surface area contributed by atoms with Gasteiger partial charge in [0.1, 0.15) is 0 Å². The quantitative estimate of drug-likeness (QED) is 0.696. The molecular formula is C19H14F3N3O2. The largest absolute Gasteiger partial charge is 0.416 e. The van der Waals surface area contributed by atoms with Gasteiger partial charge in [0.15, 0.2) is 0 Å². The smallest absolute Gasteiger partial charge is 0.339 e. The van der Waals surface area contributed by atoms with Gasteiger partial charge in [-0.1, -0.05) is 41.6 Å². The molecule has 0 aliphatic carbocycles. The predicted molar refractivity (Wildman–Crippen MR) is 89.8 cm³/mol. The third kappa shape index (κ3) is 3.42. The number of amides is 1. The number of carbonyl (C=O) groups is 1. The van der Waals surface area contributed by atoms with E-state index in [1.807, 2.05) is 30.3 Å². The molecular weight excluding hydrogens is 359 g/mol. The van der Waals surface area contributed by atoms with Gasteiger partial charge in [-0.25, -0.2) is 0 Å². The van der Waals surface area contributed by atoms with Crippen molar-refractivity contribution in [1.29, 1.82) is 0 Å². The fourth-order valence-electron chi connectivity index (χ4n) is 2.92.